The minimum Gasteiger partial charge on any atom is -0.338 e. The third-order valence-corrected chi connectivity index (χ3v) is 5.62. The van der Waals surface area contributed by atoms with Crippen LogP contribution in [0.4, 0.5) is 4.79 Å². The lowest BCUT2D eigenvalue weighted by Gasteiger charge is -2.36. The molecule has 3 fully saturated rings. The van der Waals surface area contributed by atoms with Crippen LogP contribution in [0.3, 0.4) is 0 Å². The Balaban J connectivity index is 1.63. The fourth-order valence-electron chi connectivity index (χ4n) is 3.97. The first kappa shape index (κ1) is 17.8. The van der Waals surface area contributed by atoms with E-state index in [0.717, 1.165) is 42.9 Å². The molecule has 25 heavy (non-hydrogen) atoms. The van der Waals surface area contributed by atoms with Crippen LogP contribution >= 0.6 is 0 Å². The lowest BCUT2D eigenvalue weighted by Crippen LogP contribution is -2.48. The van der Waals surface area contributed by atoms with Crippen molar-refractivity contribution in [1.29, 1.82) is 0 Å². The van der Waals surface area contributed by atoms with E-state index in [-0.39, 0.29) is 18.0 Å². The van der Waals surface area contributed by atoms with Gasteiger partial charge in [-0.05, 0) is 38.2 Å². The molecule has 4 heterocycles. The first-order valence-corrected chi connectivity index (χ1v) is 9.13. The van der Waals surface area contributed by atoms with Gasteiger partial charge in [0, 0.05) is 58.3 Å². The zero-order valence-electron chi connectivity index (χ0n) is 15.7. The summed E-state index contributed by atoms with van der Waals surface area (Å²) in [5, 5.41) is 7.28. The van der Waals surface area contributed by atoms with E-state index in [1.807, 2.05) is 23.6 Å². The summed E-state index contributed by atoms with van der Waals surface area (Å²) in [6.45, 7) is 6.23. The summed E-state index contributed by atoms with van der Waals surface area (Å²) in [6.07, 6.45) is 3.25. The van der Waals surface area contributed by atoms with Crippen molar-refractivity contribution in [1.82, 2.24) is 24.9 Å². The van der Waals surface area contributed by atoms with Gasteiger partial charge in [0.2, 0.25) is 5.91 Å². The second kappa shape index (κ2) is 7.06. The molecule has 0 radical (unpaired) electrons. The van der Waals surface area contributed by atoms with Crippen molar-refractivity contribution in [2.45, 2.75) is 45.6 Å². The van der Waals surface area contributed by atoms with Crippen LogP contribution in [0, 0.1) is 19.8 Å². The molecule has 7 heteroatoms. The van der Waals surface area contributed by atoms with Gasteiger partial charge in [0.1, 0.15) is 0 Å². The van der Waals surface area contributed by atoms with Crippen LogP contribution in [0.15, 0.2) is 0 Å². The average Bonchev–Trinajstić information content (AvgIpc) is 2.78. The number of H-pyrrole nitrogens is 1. The number of aryl methyl sites for hydroxylation is 2. The summed E-state index contributed by atoms with van der Waals surface area (Å²) in [5.41, 5.74) is 3.19. The highest BCUT2D eigenvalue weighted by Crippen LogP contribution is 2.29. The Hall–Kier alpha value is -2.05. The highest BCUT2D eigenvalue weighted by Gasteiger charge is 2.38. The molecule has 3 saturated heterocycles. The van der Waals surface area contributed by atoms with Gasteiger partial charge in [-0.1, -0.05) is 0 Å². The molecule has 7 nitrogen and oxygen atoms in total. The van der Waals surface area contributed by atoms with Gasteiger partial charge in [0.05, 0.1) is 5.69 Å². The number of fused-ring (bicyclic) bond motifs is 4. The number of aromatic nitrogens is 2. The number of nitrogens with one attached hydrogen (secondary N) is 1. The molecule has 3 amide bonds. The summed E-state index contributed by atoms with van der Waals surface area (Å²) in [4.78, 5) is 30.7. The van der Waals surface area contributed by atoms with E-state index in [2.05, 4.69) is 10.2 Å². The predicted molar refractivity (Wildman–Crippen MR) is 95.3 cm³/mol. The Bertz CT molecular complexity index is 654. The maximum absolute atomic E-state index is 12.8. The lowest BCUT2D eigenvalue weighted by atomic mass is 9.94. The topological polar surface area (TPSA) is 72.5 Å². The molecule has 0 aromatic carbocycles. The number of rotatable bonds is 3. The van der Waals surface area contributed by atoms with Crippen LogP contribution in [0.5, 0.6) is 0 Å². The lowest BCUT2D eigenvalue weighted by molar-refractivity contribution is -0.135. The van der Waals surface area contributed by atoms with Crippen molar-refractivity contribution in [3.63, 3.8) is 0 Å². The molecule has 3 aliphatic heterocycles. The van der Waals surface area contributed by atoms with Crippen molar-refractivity contribution in [3.05, 3.63) is 17.0 Å². The van der Waals surface area contributed by atoms with Crippen LogP contribution in [-0.2, 0) is 11.2 Å². The number of aromatic amines is 1. The highest BCUT2D eigenvalue weighted by molar-refractivity contribution is 5.78. The normalized spacial score (nSPS) is 22.9. The number of hydrogen-bond donors (Lipinski definition) is 1. The average molecular weight is 347 g/mol. The van der Waals surface area contributed by atoms with E-state index in [9.17, 15) is 9.59 Å². The third kappa shape index (κ3) is 3.65. The SMILES string of the molecule is Cc1[nH]nc(CCC(=O)N2C[C@@H]3CC[C@H]2CN(C(=O)N(C)C)C3)c1C. The minimum atomic E-state index is 0.0498. The summed E-state index contributed by atoms with van der Waals surface area (Å²) >= 11 is 0. The molecule has 0 aliphatic carbocycles. The number of amides is 3. The van der Waals surface area contributed by atoms with Crippen molar-refractivity contribution >= 4 is 11.9 Å². The first-order chi connectivity index (χ1) is 11.9. The predicted octanol–water partition coefficient (Wildman–Crippen LogP) is 1.56. The number of urea groups is 1. The van der Waals surface area contributed by atoms with E-state index in [1.165, 1.54) is 0 Å². The van der Waals surface area contributed by atoms with E-state index >= 15 is 0 Å². The van der Waals surface area contributed by atoms with E-state index in [0.29, 0.717) is 25.3 Å². The van der Waals surface area contributed by atoms with Gasteiger partial charge in [-0.15, -0.1) is 0 Å². The molecule has 1 N–H and O–H groups in total. The van der Waals surface area contributed by atoms with Gasteiger partial charge in [-0.3, -0.25) is 9.89 Å². The standard InChI is InChI=1S/C18H29N5O2/c1-12-13(2)19-20-16(12)7-8-17(24)23-10-14-5-6-15(23)11-22(9-14)18(25)21(3)4/h14-15H,5-11H2,1-4H3,(H,19,20)/t14-,15+/m1/s1. The maximum Gasteiger partial charge on any atom is 0.319 e. The van der Waals surface area contributed by atoms with Gasteiger partial charge < -0.3 is 14.7 Å². The van der Waals surface area contributed by atoms with Gasteiger partial charge in [0.15, 0.2) is 0 Å². The number of piperidine rings is 1. The zero-order valence-corrected chi connectivity index (χ0v) is 15.7. The van der Waals surface area contributed by atoms with Gasteiger partial charge in [0.25, 0.3) is 0 Å². The third-order valence-electron chi connectivity index (χ3n) is 5.62. The van der Waals surface area contributed by atoms with Crippen LogP contribution in [0.1, 0.15) is 36.2 Å². The molecule has 1 aromatic heterocycles. The first-order valence-electron chi connectivity index (χ1n) is 9.13. The number of hydrogen-bond acceptors (Lipinski definition) is 3. The molecule has 3 aliphatic rings. The number of carbonyl (C=O) groups excluding carboxylic acids is 2. The minimum absolute atomic E-state index is 0.0498. The van der Waals surface area contributed by atoms with Gasteiger partial charge in [-0.2, -0.15) is 5.10 Å². The summed E-state index contributed by atoms with van der Waals surface area (Å²) in [7, 11) is 3.57. The van der Waals surface area contributed by atoms with Gasteiger partial charge in [-0.25, -0.2) is 4.79 Å². The second-order valence-electron chi connectivity index (χ2n) is 7.65. The number of nitrogens with zero attached hydrogens (tertiary/aromatic N) is 4. The molecule has 1 aromatic rings. The van der Waals surface area contributed by atoms with Crippen LogP contribution in [-0.4, -0.2) is 76.6 Å². The molecule has 2 atom stereocenters. The molecule has 138 valence electrons. The quantitative estimate of drug-likeness (QED) is 0.902. The maximum atomic E-state index is 12.8. The van der Waals surface area contributed by atoms with Crippen LogP contribution < -0.4 is 0 Å². The number of carbonyl (C=O) groups is 2. The monoisotopic (exact) mass is 347 g/mol. The Labute approximate surface area is 149 Å². The van der Waals surface area contributed by atoms with Crippen LogP contribution in [0.25, 0.3) is 0 Å². The smallest absolute Gasteiger partial charge is 0.319 e. The fourth-order valence-corrected chi connectivity index (χ4v) is 3.97. The molecule has 0 saturated carbocycles. The zero-order chi connectivity index (χ0) is 18.1. The summed E-state index contributed by atoms with van der Waals surface area (Å²) in [5.74, 6) is 0.579. The van der Waals surface area contributed by atoms with Crippen molar-refractivity contribution in [3.8, 4) is 0 Å². The molecule has 4 rings (SSSR count). The summed E-state index contributed by atoms with van der Waals surface area (Å²) < 4.78 is 0. The van der Waals surface area contributed by atoms with E-state index in [1.54, 1.807) is 19.0 Å². The molecular formula is C18H29N5O2. The van der Waals surface area contributed by atoms with Gasteiger partial charge >= 0.3 is 6.03 Å². The molecule has 0 unspecified atom stereocenters. The van der Waals surface area contributed by atoms with E-state index in [4.69, 9.17) is 0 Å². The Kier molecular flexibility index (Phi) is 5.01. The molecule has 2 bridgehead atoms. The van der Waals surface area contributed by atoms with Crippen LogP contribution in [0.2, 0.25) is 0 Å². The Morgan fingerprint density at radius 2 is 1.96 bits per heavy atom. The Morgan fingerprint density at radius 3 is 2.60 bits per heavy atom. The summed E-state index contributed by atoms with van der Waals surface area (Å²) in [6, 6.07) is 0.200. The fraction of sp³-hybridized carbons (Fsp3) is 0.722. The van der Waals surface area contributed by atoms with Crippen molar-refractivity contribution in [2.75, 3.05) is 33.7 Å². The Morgan fingerprint density at radius 1 is 1.20 bits per heavy atom. The second-order valence-corrected chi connectivity index (χ2v) is 7.65. The van der Waals surface area contributed by atoms with Crippen molar-refractivity contribution in [2.24, 2.45) is 5.92 Å². The van der Waals surface area contributed by atoms with E-state index < -0.39 is 0 Å². The largest absolute Gasteiger partial charge is 0.338 e. The molecular weight excluding hydrogens is 318 g/mol. The highest BCUT2D eigenvalue weighted by atomic mass is 16.2. The molecule has 0 spiro atoms. The van der Waals surface area contributed by atoms with Crippen molar-refractivity contribution < 1.29 is 9.59 Å².